The van der Waals surface area contributed by atoms with Crippen LogP contribution in [0.3, 0.4) is 0 Å². The molecule has 0 amide bonds. The molecule has 2 atom stereocenters. The van der Waals surface area contributed by atoms with Gasteiger partial charge in [-0.2, -0.15) is 0 Å². The van der Waals surface area contributed by atoms with Gasteiger partial charge in [0.15, 0.2) is 0 Å². The molecular weight excluding hydrogens is 356 g/mol. The Morgan fingerprint density at radius 3 is 2.07 bits per heavy atom. The second-order valence-electron chi connectivity index (χ2n) is 7.53. The average molecular weight is 391 g/mol. The molecule has 1 aromatic carbocycles. The van der Waals surface area contributed by atoms with E-state index in [9.17, 15) is 9.59 Å². The van der Waals surface area contributed by atoms with E-state index in [0.29, 0.717) is 30.9 Å². The number of hydrogen-bond acceptors (Lipinski definition) is 5. The molecule has 5 heteroatoms. The van der Waals surface area contributed by atoms with Crippen LogP contribution in [0.2, 0.25) is 0 Å². The van der Waals surface area contributed by atoms with Crippen LogP contribution < -0.4 is 9.47 Å². The van der Waals surface area contributed by atoms with E-state index in [1.165, 1.54) is 25.7 Å². The van der Waals surface area contributed by atoms with Crippen molar-refractivity contribution in [3.63, 3.8) is 0 Å². The molecule has 1 aliphatic carbocycles. The molecule has 1 saturated carbocycles. The number of esters is 2. The molecule has 28 heavy (non-hydrogen) atoms. The third-order valence-electron chi connectivity index (χ3n) is 5.39. The van der Waals surface area contributed by atoms with Gasteiger partial charge in [0.05, 0.1) is 25.6 Å². The van der Waals surface area contributed by atoms with Crippen molar-refractivity contribution in [3.8, 4) is 11.5 Å². The summed E-state index contributed by atoms with van der Waals surface area (Å²) in [5.74, 6) is -0.229. The fourth-order valence-electron chi connectivity index (χ4n) is 3.69. The highest BCUT2D eigenvalue weighted by atomic mass is 16.5. The summed E-state index contributed by atoms with van der Waals surface area (Å²) in [6.07, 6.45) is 10.1. The summed E-state index contributed by atoms with van der Waals surface area (Å²) in [6.45, 7) is 2.64. The second-order valence-corrected chi connectivity index (χ2v) is 7.53. The molecule has 0 N–H and O–H groups in total. The Labute approximate surface area is 168 Å². The minimum absolute atomic E-state index is 0.245. The van der Waals surface area contributed by atoms with Crippen LogP contribution in [0.4, 0.5) is 0 Å². The summed E-state index contributed by atoms with van der Waals surface area (Å²) in [4.78, 5) is 25.2. The van der Waals surface area contributed by atoms with Crippen molar-refractivity contribution in [3.05, 3.63) is 24.3 Å². The Bertz CT molecular complexity index is 596. The third-order valence-corrected chi connectivity index (χ3v) is 5.39. The Kier molecular flexibility index (Phi) is 9.87. The van der Waals surface area contributed by atoms with E-state index in [2.05, 4.69) is 6.92 Å². The van der Waals surface area contributed by atoms with Gasteiger partial charge in [-0.15, -0.1) is 0 Å². The number of carbonyl (C=O) groups is 2. The van der Waals surface area contributed by atoms with Crippen molar-refractivity contribution < 1.29 is 23.8 Å². The molecule has 156 valence electrons. The molecule has 1 aliphatic rings. The molecule has 0 heterocycles. The number of benzene rings is 1. The summed E-state index contributed by atoms with van der Waals surface area (Å²) >= 11 is 0. The lowest BCUT2D eigenvalue weighted by molar-refractivity contribution is -0.158. The maximum absolute atomic E-state index is 12.7. The molecule has 0 saturated heterocycles. The minimum Gasteiger partial charge on any atom is -0.497 e. The molecule has 5 nitrogen and oxygen atoms in total. The molecule has 0 radical (unpaired) electrons. The van der Waals surface area contributed by atoms with Gasteiger partial charge in [0.25, 0.3) is 0 Å². The number of hydrogen-bond donors (Lipinski definition) is 0. The molecule has 1 fully saturated rings. The van der Waals surface area contributed by atoms with Gasteiger partial charge in [0.2, 0.25) is 0 Å². The Hall–Kier alpha value is -2.04. The molecule has 2 unspecified atom stereocenters. The molecule has 2 rings (SSSR count). The van der Waals surface area contributed by atoms with E-state index in [1.807, 2.05) is 0 Å². The van der Waals surface area contributed by atoms with E-state index in [4.69, 9.17) is 14.2 Å². The summed E-state index contributed by atoms with van der Waals surface area (Å²) in [5.41, 5.74) is 0. The highest BCUT2D eigenvalue weighted by Gasteiger charge is 2.38. The third kappa shape index (κ3) is 7.17. The van der Waals surface area contributed by atoms with E-state index < -0.39 is 5.92 Å². The first-order valence-corrected chi connectivity index (χ1v) is 10.7. The number of rotatable bonds is 11. The van der Waals surface area contributed by atoms with Gasteiger partial charge in [-0.25, -0.2) is 0 Å². The number of unbranched alkanes of at least 4 members (excludes halogenated alkanes) is 5. The minimum atomic E-state index is -0.423. The second kappa shape index (κ2) is 12.4. The van der Waals surface area contributed by atoms with Crippen LogP contribution in [-0.2, 0) is 14.3 Å². The van der Waals surface area contributed by atoms with Gasteiger partial charge in [0, 0.05) is 0 Å². The quantitative estimate of drug-likeness (QED) is 0.291. The van der Waals surface area contributed by atoms with Crippen molar-refractivity contribution in [1.82, 2.24) is 0 Å². The van der Waals surface area contributed by atoms with Crippen LogP contribution in [0, 0.1) is 11.8 Å². The highest BCUT2D eigenvalue weighted by Crippen LogP contribution is 2.32. The predicted molar refractivity (Wildman–Crippen MR) is 108 cm³/mol. The maximum atomic E-state index is 12.7. The normalized spacial score (nSPS) is 19.1. The number of carbonyl (C=O) groups excluding carboxylic acids is 2. The number of ether oxygens (including phenoxy) is 3. The highest BCUT2D eigenvalue weighted by molar-refractivity contribution is 5.83. The number of methoxy groups -OCH3 is 1. The monoisotopic (exact) mass is 390 g/mol. The fourth-order valence-corrected chi connectivity index (χ4v) is 3.69. The summed E-state index contributed by atoms with van der Waals surface area (Å²) in [6, 6.07) is 6.89. The average Bonchev–Trinajstić information content (AvgIpc) is 2.73. The standard InChI is InChI=1S/C23H34O5/c1-3-4-5-6-7-10-17-27-22(24)20-11-8-9-12-21(20)23(25)28-19-15-13-18(26-2)14-16-19/h13-16,20-21H,3-12,17H2,1-2H3. The first kappa shape index (κ1) is 22.3. The van der Waals surface area contributed by atoms with Crippen LogP contribution in [0.1, 0.15) is 71.1 Å². The SMILES string of the molecule is CCCCCCCCOC(=O)C1CCCCC1C(=O)Oc1ccc(OC)cc1. The van der Waals surface area contributed by atoms with Crippen molar-refractivity contribution in [2.75, 3.05) is 13.7 Å². The van der Waals surface area contributed by atoms with Crippen molar-refractivity contribution in [1.29, 1.82) is 0 Å². The zero-order chi connectivity index (χ0) is 20.2. The van der Waals surface area contributed by atoms with Gasteiger partial charge in [-0.1, -0.05) is 51.9 Å². The van der Waals surface area contributed by atoms with Crippen LogP contribution in [0.25, 0.3) is 0 Å². The lowest BCUT2D eigenvalue weighted by Crippen LogP contribution is -2.36. The molecular formula is C23H34O5. The van der Waals surface area contributed by atoms with E-state index >= 15 is 0 Å². The van der Waals surface area contributed by atoms with Gasteiger partial charge >= 0.3 is 11.9 Å². The predicted octanol–water partition coefficient (Wildman–Crippen LogP) is 5.31. The van der Waals surface area contributed by atoms with Crippen molar-refractivity contribution >= 4 is 11.9 Å². The first-order valence-electron chi connectivity index (χ1n) is 10.7. The summed E-state index contributed by atoms with van der Waals surface area (Å²) in [7, 11) is 1.59. The molecule has 0 spiro atoms. The smallest absolute Gasteiger partial charge is 0.315 e. The zero-order valence-electron chi connectivity index (χ0n) is 17.3. The van der Waals surface area contributed by atoms with Crippen molar-refractivity contribution in [2.24, 2.45) is 11.8 Å². The van der Waals surface area contributed by atoms with E-state index in [-0.39, 0.29) is 17.9 Å². The summed E-state index contributed by atoms with van der Waals surface area (Å²) < 4.78 is 16.1. The van der Waals surface area contributed by atoms with Crippen LogP contribution in [-0.4, -0.2) is 25.7 Å². The topological polar surface area (TPSA) is 61.8 Å². The largest absolute Gasteiger partial charge is 0.497 e. The molecule has 0 bridgehead atoms. The van der Waals surface area contributed by atoms with Gasteiger partial charge in [-0.3, -0.25) is 9.59 Å². The Morgan fingerprint density at radius 2 is 1.43 bits per heavy atom. The Morgan fingerprint density at radius 1 is 0.857 bits per heavy atom. The van der Waals surface area contributed by atoms with Gasteiger partial charge in [-0.05, 0) is 43.5 Å². The lowest BCUT2D eigenvalue weighted by atomic mass is 9.79. The zero-order valence-corrected chi connectivity index (χ0v) is 17.3. The van der Waals surface area contributed by atoms with E-state index in [0.717, 1.165) is 25.7 Å². The van der Waals surface area contributed by atoms with Crippen LogP contribution in [0.15, 0.2) is 24.3 Å². The summed E-state index contributed by atoms with van der Waals surface area (Å²) in [5, 5.41) is 0. The molecule has 1 aromatic rings. The molecule has 0 aliphatic heterocycles. The first-order chi connectivity index (χ1) is 13.7. The van der Waals surface area contributed by atoms with Crippen LogP contribution >= 0.6 is 0 Å². The van der Waals surface area contributed by atoms with E-state index in [1.54, 1.807) is 31.4 Å². The molecule has 0 aromatic heterocycles. The maximum Gasteiger partial charge on any atom is 0.315 e. The van der Waals surface area contributed by atoms with Crippen molar-refractivity contribution in [2.45, 2.75) is 71.1 Å². The van der Waals surface area contributed by atoms with Gasteiger partial charge in [0.1, 0.15) is 11.5 Å². The lowest BCUT2D eigenvalue weighted by Gasteiger charge is -2.28. The fraction of sp³-hybridized carbons (Fsp3) is 0.652. The Balaban J connectivity index is 1.80. The van der Waals surface area contributed by atoms with Gasteiger partial charge < -0.3 is 14.2 Å². The van der Waals surface area contributed by atoms with Crippen LogP contribution in [0.5, 0.6) is 11.5 Å².